The molecule has 166 valence electrons. The molecule has 0 amide bonds. The summed E-state index contributed by atoms with van der Waals surface area (Å²) in [5.41, 5.74) is 3.31. The quantitative estimate of drug-likeness (QED) is 0.267. The Morgan fingerprint density at radius 3 is 1.68 bits per heavy atom. The van der Waals surface area contributed by atoms with Crippen molar-refractivity contribution in [1.29, 1.82) is 0 Å². The van der Waals surface area contributed by atoms with E-state index >= 15 is 0 Å². The Kier molecular flexibility index (Phi) is 9.96. The van der Waals surface area contributed by atoms with Crippen LogP contribution < -0.4 is 0 Å². The van der Waals surface area contributed by atoms with Crippen LogP contribution in [0.2, 0.25) is 55.9 Å². The lowest BCUT2D eigenvalue weighted by molar-refractivity contribution is 0.0523. The lowest BCUT2D eigenvalue weighted by atomic mass is 10.1. The first-order chi connectivity index (χ1) is 12.2. The van der Waals surface area contributed by atoms with Crippen molar-refractivity contribution in [2.75, 3.05) is 6.61 Å². The zero-order valence-electron chi connectivity index (χ0n) is 21.0. The van der Waals surface area contributed by atoms with Gasteiger partial charge in [-0.15, -0.1) is 5.54 Å². The van der Waals surface area contributed by atoms with Gasteiger partial charge in [0.1, 0.15) is 14.2 Å². The maximum atomic E-state index is 10.8. The van der Waals surface area contributed by atoms with E-state index in [0.717, 1.165) is 19.4 Å². The number of hydrogen-bond donors (Lipinski definition) is 1. The number of aliphatic hydroxyl groups is 1. The first kappa shape index (κ1) is 28.1. The topological polar surface area (TPSA) is 38.7 Å². The molecule has 0 bridgehead atoms. The van der Waals surface area contributed by atoms with Crippen LogP contribution in [0.4, 0.5) is 0 Å². The highest BCUT2D eigenvalue weighted by molar-refractivity contribution is 6.83. The third-order valence-electron chi connectivity index (χ3n) is 6.10. The molecule has 0 unspecified atom stereocenters. The molecule has 2 atom stereocenters. The van der Waals surface area contributed by atoms with Gasteiger partial charge in [0.2, 0.25) is 0 Å². The van der Waals surface area contributed by atoms with Crippen LogP contribution in [0.3, 0.4) is 0 Å². The summed E-state index contributed by atoms with van der Waals surface area (Å²) in [4.78, 5) is 0. The molecular formula is C22H48O3Si3. The van der Waals surface area contributed by atoms with E-state index in [1.165, 1.54) is 0 Å². The van der Waals surface area contributed by atoms with Crippen molar-refractivity contribution in [3.8, 4) is 11.5 Å². The van der Waals surface area contributed by atoms with Gasteiger partial charge in [-0.3, -0.25) is 0 Å². The van der Waals surface area contributed by atoms with Gasteiger partial charge >= 0.3 is 0 Å². The Labute approximate surface area is 179 Å². The molecule has 0 aliphatic carbocycles. The van der Waals surface area contributed by atoms with Gasteiger partial charge in [-0.25, -0.2) is 0 Å². The Balaban J connectivity index is 5.17. The van der Waals surface area contributed by atoms with Crippen molar-refractivity contribution < 1.29 is 14.0 Å². The van der Waals surface area contributed by atoms with Gasteiger partial charge in [-0.1, -0.05) is 67.1 Å². The fourth-order valence-corrected chi connectivity index (χ4v) is 5.07. The minimum absolute atomic E-state index is 0.106. The summed E-state index contributed by atoms with van der Waals surface area (Å²) in [6.45, 7) is 29.9. The van der Waals surface area contributed by atoms with Crippen molar-refractivity contribution in [3.63, 3.8) is 0 Å². The first-order valence-corrected chi connectivity index (χ1v) is 20.0. The fraction of sp³-hybridized carbons (Fsp3) is 0.909. The minimum atomic E-state index is -1.98. The highest BCUT2D eigenvalue weighted by atomic mass is 28.4. The standard InChI is InChI=1S/C22H48O3Si3/c1-21(2,3)27(10,11)24-17-14-15-20(19(23)16-18-26(7,8)9)25-28(12,13)22(4,5)6/h19-20,23H,14-15,17H2,1-13H3/t19-,20+/m1/s1. The zero-order valence-corrected chi connectivity index (χ0v) is 24.0. The summed E-state index contributed by atoms with van der Waals surface area (Å²) in [5, 5.41) is 11.1. The lowest BCUT2D eigenvalue weighted by Crippen LogP contribution is -2.47. The molecule has 0 spiro atoms. The molecule has 0 aromatic carbocycles. The van der Waals surface area contributed by atoms with Crippen LogP contribution in [0.1, 0.15) is 54.4 Å². The highest BCUT2D eigenvalue weighted by Crippen LogP contribution is 2.39. The third-order valence-corrected chi connectivity index (χ3v) is 16.0. The molecule has 0 radical (unpaired) electrons. The van der Waals surface area contributed by atoms with E-state index < -0.39 is 30.8 Å². The third kappa shape index (κ3) is 9.73. The average Bonchev–Trinajstić information content (AvgIpc) is 2.44. The predicted molar refractivity (Wildman–Crippen MR) is 132 cm³/mol. The molecule has 0 aliphatic rings. The van der Waals surface area contributed by atoms with E-state index in [1.807, 2.05) is 0 Å². The van der Waals surface area contributed by atoms with Gasteiger partial charge in [0.25, 0.3) is 0 Å². The molecule has 0 rings (SSSR count). The molecule has 28 heavy (non-hydrogen) atoms. The van der Waals surface area contributed by atoms with Gasteiger partial charge in [-0.2, -0.15) is 0 Å². The second kappa shape index (κ2) is 9.93. The molecular weight excluding hydrogens is 396 g/mol. The SMILES string of the molecule is CC(C)(C)[Si](C)(C)OCCC[C@H](O[Si](C)(C)C(C)(C)C)[C@H](O)C#C[Si](C)(C)C. The summed E-state index contributed by atoms with van der Waals surface area (Å²) in [5.74, 6) is 3.11. The Morgan fingerprint density at radius 2 is 1.29 bits per heavy atom. The molecule has 0 saturated carbocycles. The van der Waals surface area contributed by atoms with Crippen molar-refractivity contribution in [3.05, 3.63) is 0 Å². The summed E-state index contributed by atoms with van der Waals surface area (Å²) in [6.07, 6.45) is 0.696. The smallest absolute Gasteiger partial charge is 0.192 e. The second-order valence-corrected chi connectivity index (χ2v) is 26.4. The summed E-state index contributed by atoms with van der Waals surface area (Å²) >= 11 is 0. The van der Waals surface area contributed by atoms with Crippen molar-refractivity contribution >= 4 is 24.7 Å². The number of hydrogen-bond acceptors (Lipinski definition) is 3. The predicted octanol–water partition coefficient (Wildman–Crippen LogP) is 6.42. The van der Waals surface area contributed by atoms with Gasteiger partial charge < -0.3 is 14.0 Å². The molecule has 0 aliphatic heterocycles. The largest absolute Gasteiger partial charge is 0.417 e. The maximum Gasteiger partial charge on any atom is 0.192 e. The Morgan fingerprint density at radius 1 is 0.821 bits per heavy atom. The van der Waals surface area contributed by atoms with E-state index in [9.17, 15) is 5.11 Å². The van der Waals surface area contributed by atoms with Gasteiger partial charge in [0.05, 0.1) is 6.10 Å². The van der Waals surface area contributed by atoms with E-state index in [1.54, 1.807) is 0 Å². The normalized spacial score (nSPS) is 16.4. The molecule has 0 heterocycles. The van der Waals surface area contributed by atoms with Crippen LogP contribution in [0.5, 0.6) is 0 Å². The van der Waals surface area contributed by atoms with Gasteiger partial charge in [0.15, 0.2) is 16.6 Å². The van der Waals surface area contributed by atoms with Gasteiger partial charge in [-0.05, 0) is 49.1 Å². The Bertz CT molecular complexity index is 541. The molecule has 0 saturated heterocycles. The van der Waals surface area contributed by atoms with E-state index in [2.05, 4.69) is 98.8 Å². The molecule has 6 heteroatoms. The fourth-order valence-electron chi connectivity index (χ4n) is 2.05. The monoisotopic (exact) mass is 444 g/mol. The van der Waals surface area contributed by atoms with E-state index in [4.69, 9.17) is 8.85 Å². The minimum Gasteiger partial charge on any atom is -0.417 e. The molecule has 1 N–H and O–H groups in total. The molecule has 0 fully saturated rings. The number of aliphatic hydroxyl groups excluding tert-OH is 1. The van der Waals surface area contributed by atoms with Crippen molar-refractivity contribution in [2.24, 2.45) is 0 Å². The molecule has 0 aromatic rings. The zero-order chi connectivity index (χ0) is 22.6. The first-order valence-electron chi connectivity index (χ1n) is 10.7. The van der Waals surface area contributed by atoms with Crippen LogP contribution in [0.25, 0.3) is 0 Å². The van der Waals surface area contributed by atoms with Crippen LogP contribution in [0, 0.1) is 11.5 Å². The number of rotatable bonds is 8. The molecule has 3 nitrogen and oxygen atoms in total. The van der Waals surface area contributed by atoms with Crippen LogP contribution in [0.15, 0.2) is 0 Å². The maximum absolute atomic E-state index is 10.8. The van der Waals surface area contributed by atoms with Crippen LogP contribution in [-0.2, 0) is 8.85 Å². The summed E-state index contributed by atoms with van der Waals surface area (Å²) in [7, 11) is -5.25. The average molecular weight is 445 g/mol. The van der Waals surface area contributed by atoms with Crippen LogP contribution in [-0.4, -0.2) is 48.6 Å². The highest BCUT2D eigenvalue weighted by Gasteiger charge is 2.40. The summed E-state index contributed by atoms with van der Waals surface area (Å²) < 4.78 is 12.9. The van der Waals surface area contributed by atoms with E-state index in [0.29, 0.717) is 0 Å². The van der Waals surface area contributed by atoms with Crippen molar-refractivity contribution in [1.82, 2.24) is 0 Å². The van der Waals surface area contributed by atoms with Gasteiger partial charge in [0, 0.05) is 6.61 Å². The second-order valence-electron chi connectivity index (χ2n) is 12.1. The molecule has 0 aromatic heterocycles. The van der Waals surface area contributed by atoms with Crippen molar-refractivity contribution in [2.45, 2.75) is 122 Å². The van der Waals surface area contributed by atoms with Crippen LogP contribution >= 0.6 is 0 Å². The summed E-state index contributed by atoms with van der Waals surface area (Å²) in [6, 6.07) is 0. The Hall–Kier alpha value is 0.0906. The lowest BCUT2D eigenvalue weighted by Gasteiger charge is -2.40. The van der Waals surface area contributed by atoms with E-state index in [-0.39, 0.29) is 16.2 Å².